The highest BCUT2D eigenvalue weighted by Gasteiger charge is 2.32. The Labute approximate surface area is 210 Å². The van der Waals surface area contributed by atoms with Crippen molar-refractivity contribution in [3.8, 4) is 18.1 Å². The van der Waals surface area contributed by atoms with Crippen molar-refractivity contribution in [1.29, 1.82) is 10.5 Å². The molecular weight excluding hydrogens is 487 g/mol. The van der Waals surface area contributed by atoms with Gasteiger partial charge in [-0.05, 0) is 36.2 Å². The molecule has 1 amide bonds. The molecule has 0 bridgehead atoms. The minimum absolute atomic E-state index is 0.181. The number of nitrogens with one attached hydrogen (secondary N) is 1. The molecular formula is C25H20F3N7O2. The molecule has 1 aromatic carbocycles. The van der Waals surface area contributed by atoms with Crippen molar-refractivity contribution >= 4 is 5.91 Å². The Balaban J connectivity index is 1.51. The van der Waals surface area contributed by atoms with Crippen molar-refractivity contribution in [1.82, 2.24) is 25.2 Å². The number of benzene rings is 1. The zero-order valence-corrected chi connectivity index (χ0v) is 19.3. The number of hydrogen-bond acceptors (Lipinski definition) is 8. The standard InChI is InChI=1S/C25H20F3N7O2/c26-25(27,28)15-37-24-32-12-19(13-33-24)22(17-3-1-16(9-29)2-4-17)35-8-7-21(14-35)34-23(36)18-5-6-20(10-30)31-11-18/h1-6,11-13,21-22H,7-8,14-15H2,(H,34,36)/t21?,22-/m1/s1. The summed E-state index contributed by atoms with van der Waals surface area (Å²) in [6, 6.07) is 13.0. The molecule has 0 radical (unpaired) electrons. The molecule has 12 heteroatoms. The van der Waals surface area contributed by atoms with Gasteiger partial charge in [-0.3, -0.25) is 9.69 Å². The van der Waals surface area contributed by atoms with Gasteiger partial charge in [0.2, 0.25) is 0 Å². The molecule has 4 rings (SSSR count). The van der Waals surface area contributed by atoms with Gasteiger partial charge in [-0.2, -0.15) is 23.7 Å². The van der Waals surface area contributed by atoms with E-state index in [4.69, 9.17) is 10.5 Å². The third-order valence-electron chi connectivity index (χ3n) is 5.74. The lowest BCUT2D eigenvalue weighted by atomic mass is 9.98. The third kappa shape index (κ3) is 6.57. The maximum absolute atomic E-state index is 12.7. The van der Waals surface area contributed by atoms with E-state index >= 15 is 0 Å². The second-order valence-electron chi connectivity index (χ2n) is 8.34. The Morgan fingerprint density at radius 1 is 1.05 bits per heavy atom. The molecule has 9 nitrogen and oxygen atoms in total. The summed E-state index contributed by atoms with van der Waals surface area (Å²) in [5.41, 5.74) is 2.48. The summed E-state index contributed by atoms with van der Waals surface area (Å²) >= 11 is 0. The minimum Gasteiger partial charge on any atom is -0.454 e. The maximum atomic E-state index is 12.7. The Bertz CT molecular complexity index is 1320. The van der Waals surface area contributed by atoms with Crippen LogP contribution in [0, 0.1) is 22.7 Å². The lowest BCUT2D eigenvalue weighted by Crippen LogP contribution is -2.38. The van der Waals surface area contributed by atoms with E-state index in [1.54, 1.807) is 24.3 Å². The molecule has 1 aliphatic heterocycles. The molecule has 0 spiro atoms. The molecule has 2 aromatic heterocycles. The predicted octanol–water partition coefficient (Wildman–Crippen LogP) is 3.15. The quantitative estimate of drug-likeness (QED) is 0.517. The van der Waals surface area contributed by atoms with Crippen LogP contribution in [0.4, 0.5) is 13.2 Å². The molecule has 1 saturated heterocycles. The first-order valence-corrected chi connectivity index (χ1v) is 11.2. The van der Waals surface area contributed by atoms with Crippen LogP contribution in [0.5, 0.6) is 6.01 Å². The fourth-order valence-corrected chi connectivity index (χ4v) is 4.05. The van der Waals surface area contributed by atoms with Crippen molar-refractivity contribution in [2.75, 3.05) is 19.7 Å². The highest BCUT2D eigenvalue weighted by atomic mass is 19.4. The number of rotatable bonds is 7. The molecule has 1 N–H and O–H groups in total. The second-order valence-corrected chi connectivity index (χ2v) is 8.34. The van der Waals surface area contributed by atoms with Crippen molar-refractivity contribution in [2.45, 2.75) is 24.7 Å². The van der Waals surface area contributed by atoms with E-state index in [2.05, 4.69) is 36.0 Å². The van der Waals surface area contributed by atoms with Crippen LogP contribution in [0.25, 0.3) is 0 Å². The maximum Gasteiger partial charge on any atom is 0.422 e. The SMILES string of the molecule is N#Cc1ccc([C@H](c2cnc(OCC(F)(F)F)nc2)N2CCC(NC(=O)c3ccc(C#N)nc3)C2)cc1. The zero-order valence-electron chi connectivity index (χ0n) is 19.3. The van der Waals surface area contributed by atoms with Gasteiger partial charge in [-0.25, -0.2) is 15.0 Å². The zero-order chi connectivity index (χ0) is 26.4. The molecule has 37 heavy (non-hydrogen) atoms. The fraction of sp³-hybridized carbons (Fsp3) is 0.280. The van der Waals surface area contributed by atoms with E-state index < -0.39 is 12.8 Å². The van der Waals surface area contributed by atoms with E-state index in [1.807, 2.05) is 6.07 Å². The smallest absolute Gasteiger partial charge is 0.422 e. The summed E-state index contributed by atoms with van der Waals surface area (Å²) in [6.07, 6.45) is 0.317. The van der Waals surface area contributed by atoms with Crippen LogP contribution in [0.15, 0.2) is 55.0 Å². The Morgan fingerprint density at radius 3 is 2.38 bits per heavy atom. The van der Waals surface area contributed by atoms with Crippen LogP contribution < -0.4 is 10.1 Å². The van der Waals surface area contributed by atoms with E-state index in [0.717, 1.165) is 5.56 Å². The second kappa shape index (κ2) is 11.0. The van der Waals surface area contributed by atoms with Gasteiger partial charge in [0.1, 0.15) is 11.8 Å². The van der Waals surface area contributed by atoms with Gasteiger partial charge < -0.3 is 10.1 Å². The number of pyridine rings is 1. The molecule has 3 heterocycles. The molecule has 3 aromatic rings. The number of nitrogens with zero attached hydrogens (tertiary/aromatic N) is 6. The Hall–Kier alpha value is -4.55. The number of amides is 1. The number of aromatic nitrogens is 3. The molecule has 2 atom stereocenters. The largest absolute Gasteiger partial charge is 0.454 e. The first kappa shape index (κ1) is 25.5. The Kier molecular flexibility index (Phi) is 7.60. The molecule has 0 saturated carbocycles. The van der Waals surface area contributed by atoms with Crippen LogP contribution in [-0.2, 0) is 0 Å². The Morgan fingerprint density at radius 2 is 1.78 bits per heavy atom. The molecule has 1 aliphatic rings. The lowest BCUT2D eigenvalue weighted by molar-refractivity contribution is -0.154. The number of ether oxygens (including phenoxy) is 1. The van der Waals surface area contributed by atoms with Crippen molar-refractivity contribution in [3.63, 3.8) is 0 Å². The number of nitriles is 2. The average Bonchev–Trinajstić information content (AvgIpc) is 3.36. The topological polar surface area (TPSA) is 128 Å². The number of likely N-dealkylation sites (tertiary alicyclic amines) is 1. The van der Waals surface area contributed by atoms with Crippen LogP contribution in [0.3, 0.4) is 0 Å². The average molecular weight is 507 g/mol. The lowest BCUT2D eigenvalue weighted by Gasteiger charge is -2.28. The molecule has 188 valence electrons. The third-order valence-corrected chi connectivity index (χ3v) is 5.74. The first-order valence-electron chi connectivity index (χ1n) is 11.2. The number of hydrogen-bond donors (Lipinski definition) is 1. The van der Waals surface area contributed by atoms with Gasteiger partial charge >= 0.3 is 12.2 Å². The van der Waals surface area contributed by atoms with E-state index in [-0.39, 0.29) is 29.7 Å². The summed E-state index contributed by atoms with van der Waals surface area (Å²) in [5, 5.41) is 21.0. The van der Waals surface area contributed by atoms with Crippen molar-refractivity contribution in [2.24, 2.45) is 0 Å². The van der Waals surface area contributed by atoms with Crippen LogP contribution in [0.2, 0.25) is 0 Å². The molecule has 1 unspecified atom stereocenters. The van der Waals surface area contributed by atoms with Gasteiger partial charge in [0.25, 0.3) is 5.91 Å². The molecule has 0 aliphatic carbocycles. The summed E-state index contributed by atoms with van der Waals surface area (Å²) in [6.45, 7) is -0.409. The minimum atomic E-state index is -4.50. The van der Waals surface area contributed by atoms with E-state index in [9.17, 15) is 18.0 Å². The summed E-state index contributed by atoms with van der Waals surface area (Å²) < 4.78 is 42.0. The number of carbonyl (C=O) groups excluding carboxylic acids is 1. The summed E-state index contributed by atoms with van der Waals surface area (Å²) in [5.74, 6) is -0.312. The van der Waals surface area contributed by atoms with Gasteiger partial charge in [0.15, 0.2) is 6.61 Å². The number of halogens is 3. The summed E-state index contributed by atoms with van der Waals surface area (Å²) in [4.78, 5) is 26.6. The van der Waals surface area contributed by atoms with Gasteiger partial charge in [-0.15, -0.1) is 0 Å². The van der Waals surface area contributed by atoms with Crippen molar-refractivity contribution in [3.05, 3.63) is 82.9 Å². The van der Waals surface area contributed by atoms with Gasteiger partial charge in [0, 0.05) is 43.3 Å². The highest BCUT2D eigenvalue weighted by Crippen LogP contribution is 2.32. The van der Waals surface area contributed by atoms with Crippen molar-refractivity contribution < 1.29 is 22.7 Å². The normalized spacial score (nSPS) is 16.4. The molecule has 1 fully saturated rings. The predicted molar refractivity (Wildman–Crippen MR) is 123 cm³/mol. The van der Waals surface area contributed by atoms with E-state index in [0.29, 0.717) is 36.2 Å². The van der Waals surface area contributed by atoms with E-state index in [1.165, 1.54) is 30.7 Å². The van der Waals surface area contributed by atoms with Crippen LogP contribution >= 0.6 is 0 Å². The first-order chi connectivity index (χ1) is 17.8. The van der Waals surface area contributed by atoms with Crippen LogP contribution in [0.1, 0.15) is 45.2 Å². The van der Waals surface area contributed by atoms with Crippen LogP contribution in [-0.4, -0.2) is 57.7 Å². The van der Waals surface area contributed by atoms with Gasteiger partial charge in [0.05, 0.1) is 23.2 Å². The fourth-order valence-electron chi connectivity index (χ4n) is 4.05. The number of carbonyl (C=O) groups is 1. The number of alkyl halides is 3. The van der Waals surface area contributed by atoms with Gasteiger partial charge in [-0.1, -0.05) is 12.1 Å². The summed E-state index contributed by atoms with van der Waals surface area (Å²) in [7, 11) is 0. The highest BCUT2D eigenvalue weighted by molar-refractivity contribution is 5.94. The monoisotopic (exact) mass is 507 g/mol.